The number of hydrogen-bond donors (Lipinski definition) is 1. The van der Waals surface area contributed by atoms with E-state index >= 15 is 0 Å². The Morgan fingerprint density at radius 1 is 1.23 bits per heavy atom. The van der Waals surface area contributed by atoms with Crippen LogP contribution in [-0.2, 0) is 11.5 Å². The molecule has 4 aromatic rings. The van der Waals surface area contributed by atoms with Crippen LogP contribution >= 0.6 is 11.3 Å². The van der Waals surface area contributed by atoms with Crippen LogP contribution in [0.3, 0.4) is 0 Å². The number of thiophene rings is 1. The Labute approximate surface area is 179 Å². The van der Waals surface area contributed by atoms with E-state index in [9.17, 15) is 9.90 Å². The van der Waals surface area contributed by atoms with Crippen LogP contribution in [0, 0.1) is 6.92 Å². The third-order valence-electron chi connectivity index (χ3n) is 5.02. The topological polar surface area (TPSA) is 77.2 Å². The number of phenolic OH excluding ortho intramolecular Hbond substituents is 1. The van der Waals surface area contributed by atoms with Gasteiger partial charge < -0.3 is 9.84 Å². The monoisotopic (exact) mass is 439 g/mol. The fourth-order valence-corrected chi connectivity index (χ4v) is 4.81. The number of phenols is 1. The van der Waals surface area contributed by atoms with Crippen molar-refractivity contribution >= 4 is 40.4 Å². The minimum Gasteiger partial charge on any atom is -0.508 e. The zero-order valence-electron chi connectivity index (χ0n) is 17.6. The van der Waals surface area contributed by atoms with Crippen molar-refractivity contribution in [3.63, 3.8) is 0 Å². The lowest BCUT2D eigenvalue weighted by atomic mass is 10.1. The average Bonchev–Trinajstić information content (AvgIpc) is 3.14. The highest BCUT2D eigenvalue weighted by Crippen LogP contribution is 2.27. The first-order valence-electron chi connectivity index (χ1n) is 9.88. The second kappa shape index (κ2) is 7.94. The molecular formula is C22H25N3O3SSi. The van der Waals surface area contributed by atoms with E-state index in [0.29, 0.717) is 29.0 Å². The predicted octanol–water partition coefficient (Wildman–Crippen LogP) is 5.00. The van der Waals surface area contributed by atoms with Crippen LogP contribution in [0.5, 0.6) is 5.75 Å². The van der Waals surface area contributed by atoms with Gasteiger partial charge in [0.1, 0.15) is 18.2 Å². The van der Waals surface area contributed by atoms with E-state index in [4.69, 9.17) is 9.72 Å². The second-order valence-corrected chi connectivity index (χ2v) is 15.3. The molecule has 0 spiro atoms. The Morgan fingerprint density at radius 3 is 2.80 bits per heavy atom. The molecule has 0 atom stereocenters. The summed E-state index contributed by atoms with van der Waals surface area (Å²) in [5, 5.41) is 13.5. The Bertz CT molecular complexity index is 1290. The maximum atomic E-state index is 13.3. The number of nitrogens with zero attached hydrogens (tertiary/aromatic N) is 3. The molecule has 30 heavy (non-hydrogen) atoms. The first kappa shape index (κ1) is 20.7. The van der Waals surface area contributed by atoms with Gasteiger partial charge in [-0.1, -0.05) is 19.6 Å². The molecule has 0 radical (unpaired) electrons. The fourth-order valence-electron chi connectivity index (χ4n) is 3.32. The van der Waals surface area contributed by atoms with Crippen molar-refractivity contribution in [1.82, 2.24) is 14.5 Å². The second-order valence-electron chi connectivity index (χ2n) is 8.70. The third kappa shape index (κ3) is 4.16. The van der Waals surface area contributed by atoms with Crippen LogP contribution in [0.4, 0.5) is 0 Å². The maximum absolute atomic E-state index is 13.3. The van der Waals surface area contributed by atoms with Crippen molar-refractivity contribution in [3.8, 4) is 17.3 Å². The summed E-state index contributed by atoms with van der Waals surface area (Å²) in [4.78, 5) is 22.7. The molecule has 1 aromatic carbocycles. The van der Waals surface area contributed by atoms with Crippen molar-refractivity contribution in [3.05, 3.63) is 51.8 Å². The molecule has 1 N–H and O–H groups in total. The Morgan fingerprint density at radius 2 is 2.03 bits per heavy atom. The van der Waals surface area contributed by atoms with E-state index in [-0.39, 0.29) is 18.0 Å². The van der Waals surface area contributed by atoms with Gasteiger partial charge in [-0.25, -0.2) is 4.98 Å². The summed E-state index contributed by atoms with van der Waals surface area (Å²) in [7, 11) is -1.24. The Hall–Kier alpha value is -2.55. The molecule has 0 saturated heterocycles. The number of ether oxygens (including phenoxy) is 1. The summed E-state index contributed by atoms with van der Waals surface area (Å²) in [5.74, 6) is 0.526. The van der Waals surface area contributed by atoms with Crippen molar-refractivity contribution in [2.45, 2.75) is 39.3 Å². The maximum Gasteiger partial charge on any atom is 0.263 e. The smallest absolute Gasteiger partial charge is 0.263 e. The van der Waals surface area contributed by atoms with E-state index in [1.165, 1.54) is 10.6 Å². The van der Waals surface area contributed by atoms with Gasteiger partial charge in [-0.05, 0) is 53.6 Å². The number of aromatic nitrogens is 3. The van der Waals surface area contributed by atoms with Gasteiger partial charge in [-0.15, -0.1) is 11.3 Å². The molecule has 0 fully saturated rings. The molecular weight excluding hydrogens is 414 g/mol. The molecule has 0 unspecified atom stereocenters. The fraction of sp³-hybridized carbons (Fsp3) is 0.318. The minimum atomic E-state index is -1.24. The minimum absolute atomic E-state index is 0.0515. The predicted molar refractivity (Wildman–Crippen MR) is 125 cm³/mol. The highest BCUT2D eigenvalue weighted by Gasteiger charge is 2.18. The molecule has 0 aliphatic carbocycles. The molecule has 156 valence electrons. The van der Waals surface area contributed by atoms with Crippen LogP contribution < -0.4 is 5.56 Å². The largest absolute Gasteiger partial charge is 0.508 e. The van der Waals surface area contributed by atoms with E-state index in [0.717, 1.165) is 21.7 Å². The van der Waals surface area contributed by atoms with Gasteiger partial charge in [0.15, 0.2) is 5.82 Å². The quantitative estimate of drug-likeness (QED) is 0.338. The lowest BCUT2D eigenvalue weighted by molar-refractivity contribution is 0.0856. The molecule has 0 amide bonds. The number of benzene rings is 1. The van der Waals surface area contributed by atoms with Crippen molar-refractivity contribution in [2.75, 3.05) is 6.61 Å². The molecule has 0 saturated carbocycles. The van der Waals surface area contributed by atoms with Gasteiger partial charge in [0, 0.05) is 20.9 Å². The van der Waals surface area contributed by atoms with Crippen LogP contribution in [0.15, 0.2) is 40.6 Å². The summed E-state index contributed by atoms with van der Waals surface area (Å²) in [6, 6.07) is 8.08. The number of hydrogen-bond acceptors (Lipinski definition) is 6. The Kier molecular flexibility index (Phi) is 5.48. The molecule has 3 heterocycles. The number of aryl methyl sites for hydroxylation is 1. The van der Waals surface area contributed by atoms with Crippen molar-refractivity contribution < 1.29 is 9.84 Å². The normalized spacial score (nSPS) is 12.1. The first-order chi connectivity index (χ1) is 14.2. The standard InChI is InChI=1S/C22H25N3O3SSi/c1-14-9-16(26)11-17-20(14)24-21(18-10-15-5-7-29-19(15)12-23-18)25(22(17)27)13-28-6-8-30(2,3)4/h5,7,9-12,26H,6,8,13H2,1-4H3. The zero-order chi connectivity index (χ0) is 21.5. The van der Waals surface area contributed by atoms with Crippen LogP contribution in [-0.4, -0.2) is 34.3 Å². The Balaban J connectivity index is 1.84. The summed E-state index contributed by atoms with van der Waals surface area (Å²) in [6.07, 6.45) is 1.81. The summed E-state index contributed by atoms with van der Waals surface area (Å²) in [5.41, 5.74) is 1.69. The lowest BCUT2D eigenvalue weighted by Crippen LogP contribution is -2.27. The number of rotatable bonds is 6. The highest BCUT2D eigenvalue weighted by atomic mass is 32.1. The van der Waals surface area contributed by atoms with Gasteiger partial charge in [0.05, 0.1) is 15.6 Å². The van der Waals surface area contributed by atoms with E-state index in [2.05, 4.69) is 24.6 Å². The van der Waals surface area contributed by atoms with E-state index in [1.54, 1.807) is 17.4 Å². The van der Waals surface area contributed by atoms with E-state index in [1.807, 2.05) is 30.6 Å². The summed E-state index contributed by atoms with van der Waals surface area (Å²) < 4.78 is 8.49. The SMILES string of the molecule is Cc1cc(O)cc2c(=O)n(COCC[Si](C)(C)C)c(-c3cc4ccsc4cn3)nc12. The number of aromatic hydroxyl groups is 1. The third-order valence-corrected chi connectivity index (χ3v) is 7.59. The van der Waals surface area contributed by atoms with Crippen LogP contribution in [0.2, 0.25) is 25.7 Å². The summed E-state index contributed by atoms with van der Waals surface area (Å²) in [6.45, 7) is 9.39. The highest BCUT2D eigenvalue weighted by molar-refractivity contribution is 7.17. The van der Waals surface area contributed by atoms with Gasteiger partial charge in [0.25, 0.3) is 5.56 Å². The molecule has 4 rings (SSSR count). The van der Waals surface area contributed by atoms with Gasteiger partial charge in [0.2, 0.25) is 0 Å². The average molecular weight is 440 g/mol. The first-order valence-corrected chi connectivity index (χ1v) is 14.5. The molecule has 0 bridgehead atoms. The number of pyridine rings is 1. The zero-order valence-corrected chi connectivity index (χ0v) is 19.4. The number of fused-ring (bicyclic) bond motifs is 2. The molecule has 6 nitrogen and oxygen atoms in total. The van der Waals surface area contributed by atoms with Gasteiger partial charge in [-0.2, -0.15) is 0 Å². The van der Waals surface area contributed by atoms with Crippen molar-refractivity contribution in [1.29, 1.82) is 0 Å². The van der Waals surface area contributed by atoms with Crippen LogP contribution in [0.1, 0.15) is 5.56 Å². The van der Waals surface area contributed by atoms with E-state index < -0.39 is 8.07 Å². The molecule has 8 heteroatoms. The molecule has 0 aliphatic rings. The van der Waals surface area contributed by atoms with Crippen molar-refractivity contribution in [2.24, 2.45) is 0 Å². The van der Waals surface area contributed by atoms with Gasteiger partial charge in [-0.3, -0.25) is 14.3 Å². The van der Waals surface area contributed by atoms with Crippen LogP contribution in [0.25, 0.3) is 32.5 Å². The molecule has 0 aliphatic heterocycles. The molecule has 3 aromatic heterocycles. The van der Waals surface area contributed by atoms with Gasteiger partial charge >= 0.3 is 0 Å². The summed E-state index contributed by atoms with van der Waals surface area (Å²) >= 11 is 1.62. The lowest BCUT2D eigenvalue weighted by Gasteiger charge is -2.17.